The predicted molar refractivity (Wildman–Crippen MR) is 127 cm³/mol. The number of primary amides is 1. The van der Waals surface area contributed by atoms with Crippen molar-refractivity contribution in [1.82, 2.24) is 20.6 Å². The first-order chi connectivity index (χ1) is 16.1. The number of hydrogen-bond acceptors (Lipinski definition) is 5. The molecule has 3 amide bonds. The smallest absolute Gasteiger partial charge is 0.319 e. The molecule has 2 heterocycles. The summed E-state index contributed by atoms with van der Waals surface area (Å²) in [6.45, 7) is 0.902. The molecule has 1 saturated carbocycles. The summed E-state index contributed by atoms with van der Waals surface area (Å²) in [6.07, 6.45) is 8.16. The maximum Gasteiger partial charge on any atom is 0.319 e. The molecule has 170 valence electrons. The van der Waals surface area contributed by atoms with Gasteiger partial charge in [0.2, 0.25) is 0 Å². The predicted octanol–water partition coefficient (Wildman–Crippen LogP) is 3.60. The summed E-state index contributed by atoms with van der Waals surface area (Å²) >= 11 is 0. The number of carbonyl (C=O) groups is 2. The van der Waals surface area contributed by atoms with Gasteiger partial charge in [0.25, 0.3) is 5.91 Å². The molecule has 1 aromatic carbocycles. The van der Waals surface area contributed by atoms with Crippen LogP contribution in [0, 0.1) is 0 Å². The van der Waals surface area contributed by atoms with Gasteiger partial charge in [-0.05, 0) is 48.7 Å². The van der Waals surface area contributed by atoms with Crippen LogP contribution in [-0.4, -0.2) is 27.9 Å². The van der Waals surface area contributed by atoms with Crippen LogP contribution in [0.4, 0.5) is 10.5 Å². The average molecular weight is 445 g/mol. The second kappa shape index (κ2) is 10.7. The molecule has 4 rings (SSSR count). The first kappa shape index (κ1) is 22.4. The summed E-state index contributed by atoms with van der Waals surface area (Å²) in [7, 11) is 0. The van der Waals surface area contributed by atoms with E-state index in [4.69, 9.17) is 10.7 Å². The highest BCUT2D eigenvalue weighted by atomic mass is 16.2. The molecule has 2 aromatic heterocycles. The first-order valence-electron chi connectivity index (χ1n) is 11.2. The third-order valence-corrected chi connectivity index (χ3v) is 5.77. The highest BCUT2D eigenvalue weighted by Crippen LogP contribution is 2.23. The Morgan fingerprint density at radius 1 is 1.00 bits per heavy atom. The number of anilines is 1. The van der Waals surface area contributed by atoms with Crippen molar-refractivity contribution in [2.75, 3.05) is 5.32 Å². The average Bonchev–Trinajstić information content (AvgIpc) is 3.36. The van der Waals surface area contributed by atoms with E-state index in [1.165, 1.54) is 12.8 Å². The van der Waals surface area contributed by atoms with Gasteiger partial charge in [-0.1, -0.05) is 31.0 Å². The van der Waals surface area contributed by atoms with E-state index < -0.39 is 5.91 Å². The normalized spacial score (nSPS) is 13.6. The minimum Gasteiger partial charge on any atom is -0.366 e. The SMILES string of the molecule is NC(=O)c1ccc(-c2ccc(NC(=O)NCc3cccnc3)cc2)nc1CNC1CCCC1. The van der Waals surface area contributed by atoms with E-state index in [0.29, 0.717) is 36.1 Å². The molecule has 1 aliphatic rings. The molecule has 0 unspecified atom stereocenters. The number of rotatable bonds is 8. The van der Waals surface area contributed by atoms with Gasteiger partial charge < -0.3 is 21.7 Å². The summed E-state index contributed by atoms with van der Waals surface area (Å²) in [5, 5.41) is 9.12. The largest absolute Gasteiger partial charge is 0.366 e. The number of benzene rings is 1. The van der Waals surface area contributed by atoms with Crippen LogP contribution < -0.4 is 21.7 Å². The second-order valence-electron chi connectivity index (χ2n) is 8.16. The fourth-order valence-electron chi connectivity index (χ4n) is 3.98. The number of aromatic nitrogens is 2. The Labute approximate surface area is 193 Å². The molecule has 0 spiro atoms. The number of nitrogens with zero attached hydrogens (tertiary/aromatic N) is 2. The Hall–Kier alpha value is -3.78. The lowest BCUT2D eigenvalue weighted by Gasteiger charge is -2.14. The number of amides is 3. The van der Waals surface area contributed by atoms with Crippen LogP contribution in [0.3, 0.4) is 0 Å². The Morgan fingerprint density at radius 3 is 2.48 bits per heavy atom. The van der Waals surface area contributed by atoms with Crippen LogP contribution in [0.1, 0.15) is 47.3 Å². The molecule has 0 saturated heterocycles. The van der Waals surface area contributed by atoms with Gasteiger partial charge in [-0.25, -0.2) is 4.79 Å². The molecule has 0 radical (unpaired) electrons. The van der Waals surface area contributed by atoms with Crippen molar-refractivity contribution < 1.29 is 9.59 Å². The van der Waals surface area contributed by atoms with Crippen LogP contribution in [0.25, 0.3) is 11.3 Å². The number of pyridine rings is 2. The van der Waals surface area contributed by atoms with Crippen molar-refractivity contribution in [2.45, 2.75) is 44.8 Å². The third-order valence-electron chi connectivity index (χ3n) is 5.77. The minimum absolute atomic E-state index is 0.296. The summed E-state index contributed by atoms with van der Waals surface area (Å²) < 4.78 is 0. The van der Waals surface area contributed by atoms with Gasteiger partial charge in [-0.2, -0.15) is 0 Å². The van der Waals surface area contributed by atoms with Crippen molar-refractivity contribution in [3.63, 3.8) is 0 Å². The van der Waals surface area contributed by atoms with E-state index >= 15 is 0 Å². The first-order valence-corrected chi connectivity index (χ1v) is 11.2. The van der Waals surface area contributed by atoms with E-state index in [0.717, 1.165) is 29.7 Å². The Balaban J connectivity index is 1.40. The zero-order valence-electron chi connectivity index (χ0n) is 18.4. The van der Waals surface area contributed by atoms with Gasteiger partial charge in [0, 0.05) is 42.8 Å². The topological polar surface area (TPSA) is 122 Å². The maximum absolute atomic E-state index is 12.2. The van der Waals surface area contributed by atoms with E-state index in [2.05, 4.69) is 20.9 Å². The summed E-state index contributed by atoms with van der Waals surface area (Å²) in [5.74, 6) is -0.478. The van der Waals surface area contributed by atoms with Crippen LogP contribution in [0.15, 0.2) is 60.9 Å². The fourth-order valence-corrected chi connectivity index (χ4v) is 3.98. The van der Waals surface area contributed by atoms with Gasteiger partial charge in [0.1, 0.15) is 0 Å². The van der Waals surface area contributed by atoms with Gasteiger partial charge >= 0.3 is 6.03 Å². The lowest BCUT2D eigenvalue weighted by molar-refractivity contribution is 0.0998. The molecule has 0 aliphatic heterocycles. The summed E-state index contributed by atoms with van der Waals surface area (Å²) in [5.41, 5.74) is 9.87. The third kappa shape index (κ3) is 6.14. The van der Waals surface area contributed by atoms with Gasteiger partial charge in [0.15, 0.2) is 0 Å². The van der Waals surface area contributed by atoms with E-state index in [-0.39, 0.29) is 6.03 Å². The molecule has 8 heteroatoms. The van der Waals surface area contributed by atoms with Crippen LogP contribution in [0.2, 0.25) is 0 Å². The molecular formula is C25H28N6O2. The van der Waals surface area contributed by atoms with Crippen LogP contribution in [-0.2, 0) is 13.1 Å². The molecule has 1 aliphatic carbocycles. The molecule has 0 bridgehead atoms. The van der Waals surface area contributed by atoms with Gasteiger partial charge in [-0.15, -0.1) is 0 Å². The lowest BCUT2D eigenvalue weighted by atomic mass is 10.1. The number of hydrogen-bond donors (Lipinski definition) is 4. The quantitative estimate of drug-likeness (QED) is 0.423. The van der Waals surface area contributed by atoms with Crippen molar-refractivity contribution in [3.8, 4) is 11.3 Å². The molecular weight excluding hydrogens is 416 g/mol. The van der Waals surface area contributed by atoms with Crippen molar-refractivity contribution in [2.24, 2.45) is 5.73 Å². The van der Waals surface area contributed by atoms with Crippen molar-refractivity contribution in [1.29, 1.82) is 0 Å². The Bertz CT molecular complexity index is 1100. The zero-order valence-corrected chi connectivity index (χ0v) is 18.4. The van der Waals surface area contributed by atoms with Crippen LogP contribution >= 0.6 is 0 Å². The minimum atomic E-state index is -0.478. The highest BCUT2D eigenvalue weighted by molar-refractivity contribution is 5.94. The summed E-state index contributed by atoms with van der Waals surface area (Å²) in [6, 6.07) is 14.8. The maximum atomic E-state index is 12.2. The number of nitrogens with one attached hydrogen (secondary N) is 3. The van der Waals surface area contributed by atoms with Gasteiger partial charge in [-0.3, -0.25) is 14.8 Å². The lowest BCUT2D eigenvalue weighted by Crippen LogP contribution is -2.28. The molecule has 1 fully saturated rings. The van der Waals surface area contributed by atoms with Crippen molar-refractivity contribution in [3.05, 3.63) is 77.7 Å². The molecule has 5 N–H and O–H groups in total. The fraction of sp³-hybridized carbons (Fsp3) is 0.280. The molecule has 33 heavy (non-hydrogen) atoms. The van der Waals surface area contributed by atoms with Crippen LogP contribution in [0.5, 0.6) is 0 Å². The van der Waals surface area contributed by atoms with Gasteiger partial charge in [0.05, 0.1) is 17.0 Å². The number of carbonyl (C=O) groups excluding carboxylic acids is 2. The van der Waals surface area contributed by atoms with E-state index in [1.54, 1.807) is 24.5 Å². The van der Waals surface area contributed by atoms with E-state index in [9.17, 15) is 9.59 Å². The van der Waals surface area contributed by atoms with Crippen molar-refractivity contribution >= 4 is 17.6 Å². The molecule has 0 atom stereocenters. The summed E-state index contributed by atoms with van der Waals surface area (Å²) in [4.78, 5) is 32.8. The standard InChI is InChI=1S/C25H28N6O2/c26-24(32)21-11-12-22(31-23(21)16-28-19-5-1-2-6-19)18-7-9-20(10-8-18)30-25(33)29-15-17-4-3-13-27-14-17/h3-4,7-14,19,28H,1-2,5-6,15-16H2,(H2,26,32)(H2,29,30,33). The van der Waals surface area contributed by atoms with E-state index in [1.807, 2.05) is 36.4 Å². The molecule has 3 aromatic rings. The zero-order chi connectivity index (χ0) is 23.0. The Kier molecular flexibility index (Phi) is 7.26. The monoisotopic (exact) mass is 444 g/mol. The highest BCUT2D eigenvalue weighted by Gasteiger charge is 2.17. The molecule has 8 nitrogen and oxygen atoms in total. The number of nitrogens with two attached hydrogens (primary N) is 1. The Morgan fingerprint density at radius 2 is 1.79 bits per heavy atom. The number of urea groups is 1. The second-order valence-corrected chi connectivity index (χ2v) is 8.16.